The molecule has 5 unspecified atom stereocenters. The van der Waals surface area contributed by atoms with Crippen LogP contribution in [0.25, 0.3) is 0 Å². The highest BCUT2D eigenvalue weighted by atomic mass is 31.2. The quantitative estimate of drug-likeness (QED) is 0.0111. The summed E-state index contributed by atoms with van der Waals surface area (Å²) in [6.45, 7) is 3.23. The number of phosphoric ester groups is 1. The summed E-state index contributed by atoms with van der Waals surface area (Å²) in [4.78, 5) is 35.8. The highest BCUT2D eigenvalue weighted by Crippen LogP contribution is 2.47. The van der Waals surface area contributed by atoms with Gasteiger partial charge in [-0.2, -0.15) is 0 Å². The van der Waals surface area contributed by atoms with Crippen LogP contribution in [0.5, 0.6) is 0 Å². The SMILES string of the molecule is CCCCC/C=C\CC1OC1CCCCCCCC(=O)O[C@H](COC(=O)CCCCCCCC/C=C\C/C=C\C/C=C\CCCCCC)COP(=O)(O)OC1[C@H](O)[C@H](O)C(O)[C@H](O)[C@H]1O. The average Bonchev–Trinajstić information content (AvgIpc) is 4.05. The second-order valence-electron chi connectivity index (χ2n) is 17.7. The van der Waals surface area contributed by atoms with Gasteiger partial charge >= 0.3 is 19.8 Å². The lowest BCUT2D eigenvalue weighted by Gasteiger charge is -2.41. The molecule has 0 aromatic carbocycles. The number of carbonyl (C=O) groups excluding carboxylic acids is 2. The van der Waals surface area contributed by atoms with Crippen LogP contribution in [0, 0.1) is 0 Å². The molecule has 2 fully saturated rings. The van der Waals surface area contributed by atoms with Gasteiger partial charge < -0.3 is 44.6 Å². The van der Waals surface area contributed by atoms with Crippen LogP contribution in [0.4, 0.5) is 0 Å². The maximum atomic E-state index is 12.8. The lowest BCUT2D eigenvalue weighted by molar-refractivity contribution is -0.220. The molecule has 2 aliphatic rings. The van der Waals surface area contributed by atoms with E-state index in [0.717, 1.165) is 96.3 Å². The zero-order valence-electron chi connectivity index (χ0n) is 39.7. The number of epoxide rings is 1. The molecular formula is C50H87O14P. The zero-order chi connectivity index (χ0) is 47.5. The molecule has 376 valence electrons. The first-order chi connectivity index (χ1) is 31.4. The summed E-state index contributed by atoms with van der Waals surface area (Å²) >= 11 is 0. The molecule has 0 aromatic heterocycles. The first kappa shape index (κ1) is 58.9. The van der Waals surface area contributed by atoms with E-state index in [1.54, 1.807) is 0 Å². The Labute approximate surface area is 390 Å². The molecule has 0 radical (unpaired) electrons. The van der Waals surface area contributed by atoms with Crippen molar-refractivity contribution in [2.75, 3.05) is 13.2 Å². The monoisotopic (exact) mass is 943 g/mol. The van der Waals surface area contributed by atoms with E-state index in [2.05, 4.69) is 62.5 Å². The summed E-state index contributed by atoms with van der Waals surface area (Å²) < 4.78 is 39.4. The fraction of sp³-hybridized carbons (Fsp3) is 0.800. The van der Waals surface area contributed by atoms with Gasteiger partial charge in [-0.15, -0.1) is 0 Å². The predicted octanol–water partition coefficient (Wildman–Crippen LogP) is 9.33. The van der Waals surface area contributed by atoms with Crippen molar-refractivity contribution in [3.8, 4) is 0 Å². The van der Waals surface area contributed by atoms with Crippen LogP contribution in [-0.4, -0.2) is 111 Å². The van der Waals surface area contributed by atoms with Crippen molar-refractivity contribution in [1.29, 1.82) is 0 Å². The number of phosphoric acid groups is 1. The van der Waals surface area contributed by atoms with Gasteiger partial charge in [-0.3, -0.25) is 18.6 Å². The van der Waals surface area contributed by atoms with Gasteiger partial charge in [0.1, 0.15) is 43.2 Å². The van der Waals surface area contributed by atoms with Crippen LogP contribution < -0.4 is 0 Å². The van der Waals surface area contributed by atoms with E-state index in [9.17, 15) is 44.6 Å². The van der Waals surface area contributed by atoms with E-state index in [1.807, 2.05) is 0 Å². The molecule has 1 heterocycles. The molecule has 0 bridgehead atoms. The number of allylic oxidation sites excluding steroid dienone is 7. The van der Waals surface area contributed by atoms with Crippen LogP contribution in [-0.2, 0) is 37.4 Å². The van der Waals surface area contributed by atoms with Crippen molar-refractivity contribution in [1.82, 2.24) is 0 Å². The van der Waals surface area contributed by atoms with Gasteiger partial charge in [0, 0.05) is 12.8 Å². The predicted molar refractivity (Wildman–Crippen MR) is 253 cm³/mol. The van der Waals surface area contributed by atoms with E-state index < -0.39 is 75.7 Å². The third-order valence-electron chi connectivity index (χ3n) is 11.8. The summed E-state index contributed by atoms with van der Waals surface area (Å²) in [7, 11) is -5.14. The van der Waals surface area contributed by atoms with Gasteiger partial charge in [-0.05, 0) is 77.0 Å². The molecule has 6 N–H and O–H groups in total. The second-order valence-corrected chi connectivity index (χ2v) is 19.1. The smallest absolute Gasteiger partial charge is 0.462 e. The Morgan fingerprint density at radius 1 is 0.554 bits per heavy atom. The molecule has 0 aromatic rings. The normalized spacial score (nSPS) is 24.9. The lowest BCUT2D eigenvalue weighted by Crippen LogP contribution is -2.64. The molecule has 1 saturated heterocycles. The van der Waals surface area contributed by atoms with Crippen LogP contribution in [0.15, 0.2) is 48.6 Å². The molecule has 1 aliphatic heterocycles. The van der Waals surface area contributed by atoms with Gasteiger partial charge in [-0.25, -0.2) is 4.57 Å². The molecule has 15 heteroatoms. The van der Waals surface area contributed by atoms with Crippen LogP contribution in [0.2, 0.25) is 0 Å². The van der Waals surface area contributed by atoms with E-state index in [0.29, 0.717) is 25.0 Å². The number of ether oxygens (including phenoxy) is 3. The second kappa shape index (κ2) is 36.8. The molecule has 0 spiro atoms. The van der Waals surface area contributed by atoms with Gasteiger partial charge in [-0.1, -0.05) is 146 Å². The summed E-state index contributed by atoms with van der Waals surface area (Å²) in [5, 5.41) is 50.3. The van der Waals surface area contributed by atoms with E-state index in [1.165, 1.54) is 51.4 Å². The van der Waals surface area contributed by atoms with Crippen molar-refractivity contribution in [2.24, 2.45) is 0 Å². The number of aliphatic hydroxyl groups is 5. The Morgan fingerprint density at radius 2 is 1.02 bits per heavy atom. The number of rotatable bonds is 40. The van der Waals surface area contributed by atoms with E-state index >= 15 is 0 Å². The third kappa shape index (κ3) is 28.6. The molecule has 1 aliphatic carbocycles. The van der Waals surface area contributed by atoms with Gasteiger partial charge in [0.25, 0.3) is 0 Å². The summed E-state index contributed by atoms with van der Waals surface area (Å²) in [6.07, 6.45) is 31.7. The first-order valence-electron chi connectivity index (χ1n) is 25.1. The first-order valence-corrected chi connectivity index (χ1v) is 26.6. The minimum absolute atomic E-state index is 0.0692. The van der Waals surface area contributed by atoms with Crippen LogP contribution in [0.1, 0.15) is 187 Å². The summed E-state index contributed by atoms with van der Waals surface area (Å²) in [6, 6.07) is 0. The van der Waals surface area contributed by atoms with E-state index in [4.69, 9.17) is 23.3 Å². The molecule has 10 atom stereocenters. The Bertz CT molecular complexity index is 1390. The van der Waals surface area contributed by atoms with Crippen molar-refractivity contribution >= 4 is 19.8 Å². The number of unbranched alkanes of at least 4 members (excludes halogenated alkanes) is 17. The Hall–Kier alpha value is -2.23. The molecule has 2 rings (SSSR count). The molecular weight excluding hydrogens is 856 g/mol. The molecule has 14 nitrogen and oxygen atoms in total. The molecule has 1 saturated carbocycles. The van der Waals surface area contributed by atoms with Gasteiger partial charge in [0.2, 0.25) is 0 Å². The van der Waals surface area contributed by atoms with Gasteiger partial charge in [0.05, 0.1) is 18.8 Å². The number of hydrogen-bond acceptors (Lipinski definition) is 13. The van der Waals surface area contributed by atoms with Crippen molar-refractivity contribution in [3.05, 3.63) is 48.6 Å². The maximum Gasteiger partial charge on any atom is 0.472 e. The zero-order valence-corrected chi connectivity index (χ0v) is 40.6. The van der Waals surface area contributed by atoms with Crippen molar-refractivity contribution in [2.45, 2.75) is 242 Å². The van der Waals surface area contributed by atoms with Crippen LogP contribution >= 0.6 is 7.82 Å². The third-order valence-corrected chi connectivity index (χ3v) is 12.8. The largest absolute Gasteiger partial charge is 0.472 e. The van der Waals surface area contributed by atoms with Crippen molar-refractivity contribution in [3.63, 3.8) is 0 Å². The molecule has 0 amide bonds. The Morgan fingerprint density at radius 3 is 1.62 bits per heavy atom. The van der Waals surface area contributed by atoms with E-state index in [-0.39, 0.29) is 12.8 Å². The minimum atomic E-state index is -5.14. The number of carbonyl (C=O) groups is 2. The van der Waals surface area contributed by atoms with Crippen molar-refractivity contribution < 1.29 is 67.8 Å². The van der Waals surface area contributed by atoms with Gasteiger partial charge in [0.15, 0.2) is 6.10 Å². The lowest BCUT2D eigenvalue weighted by atomic mass is 9.85. The topological polar surface area (TPSA) is 222 Å². The average molecular weight is 943 g/mol. The number of hydrogen-bond donors (Lipinski definition) is 6. The number of esters is 2. The summed E-state index contributed by atoms with van der Waals surface area (Å²) in [5.41, 5.74) is 0. The minimum Gasteiger partial charge on any atom is -0.462 e. The number of aliphatic hydroxyl groups excluding tert-OH is 5. The standard InChI is InChI=1S/C50H87O14P/c1-3-5-7-9-11-12-13-14-15-16-17-18-19-20-21-22-23-24-28-32-36-43(51)60-38-40(39-61-65(58,59)64-50-48(56)46(54)45(53)47(55)49(50)57)62-44(52)37-33-29-25-27-31-35-42-41(63-42)34-30-26-10-8-6-4-2/h12-13,15-16,18-19,26,30,40-42,45-50,53-57H,3-11,14,17,20-25,27-29,31-39H2,1-2H3,(H,58,59)/b13-12-,16-15-,19-18-,30-26-/t40-,41?,42?,45?,46-,47+,48-,49-,50?/m1/s1. The fourth-order valence-corrected chi connectivity index (χ4v) is 8.63. The van der Waals surface area contributed by atoms with Crippen LogP contribution in [0.3, 0.4) is 0 Å². The summed E-state index contributed by atoms with van der Waals surface area (Å²) in [5.74, 6) is -1.14. The Balaban J connectivity index is 1.68. The molecule has 65 heavy (non-hydrogen) atoms. The highest BCUT2D eigenvalue weighted by molar-refractivity contribution is 7.47. The Kier molecular flexibility index (Phi) is 33.3. The fourth-order valence-electron chi connectivity index (χ4n) is 7.65. The highest BCUT2D eigenvalue weighted by Gasteiger charge is 2.51. The maximum absolute atomic E-state index is 12.8.